The molecule has 0 saturated carbocycles. The zero-order valence-corrected chi connectivity index (χ0v) is 13.0. The second kappa shape index (κ2) is 7.31. The second-order valence-electron chi connectivity index (χ2n) is 5.24. The van der Waals surface area contributed by atoms with E-state index in [2.05, 4.69) is 15.3 Å². The van der Waals surface area contributed by atoms with Crippen molar-refractivity contribution in [3.05, 3.63) is 53.6 Å². The summed E-state index contributed by atoms with van der Waals surface area (Å²) in [6.07, 6.45) is 2.55. The van der Waals surface area contributed by atoms with Gasteiger partial charge in [-0.1, -0.05) is 0 Å². The number of morpholine rings is 1. The largest absolute Gasteiger partial charge is 0.378 e. The molecule has 1 aliphatic heterocycles. The van der Waals surface area contributed by atoms with Gasteiger partial charge in [-0.25, -0.2) is 18.7 Å². The van der Waals surface area contributed by atoms with E-state index in [4.69, 9.17) is 4.74 Å². The number of hydrogen-bond acceptors (Lipinski definition) is 5. The summed E-state index contributed by atoms with van der Waals surface area (Å²) in [5.41, 5.74) is -0.589. The van der Waals surface area contributed by atoms with Gasteiger partial charge in [-0.2, -0.15) is 0 Å². The Hall–Kier alpha value is -2.94. The van der Waals surface area contributed by atoms with Crippen molar-refractivity contribution >= 4 is 17.5 Å². The van der Waals surface area contributed by atoms with Crippen molar-refractivity contribution in [3.8, 4) is 0 Å². The zero-order valence-electron chi connectivity index (χ0n) is 13.0. The fourth-order valence-corrected chi connectivity index (χ4v) is 2.35. The smallest absolute Gasteiger partial charge is 0.276 e. The molecule has 0 bridgehead atoms. The number of rotatable bonds is 3. The van der Waals surface area contributed by atoms with Crippen LogP contribution in [0.4, 0.5) is 14.5 Å². The summed E-state index contributed by atoms with van der Waals surface area (Å²) in [5.74, 6) is -2.96. The Labute approximate surface area is 141 Å². The van der Waals surface area contributed by atoms with E-state index in [1.807, 2.05) is 0 Å². The van der Waals surface area contributed by atoms with Crippen LogP contribution in [-0.4, -0.2) is 53.0 Å². The summed E-state index contributed by atoms with van der Waals surface area (Å²) in [7, 11) is 0. The summed E-state index contributed by atoms with van der Waals surface area (Å²) in [6.45, 7) is 1.55. The molecular weight excluding hydrogens is 334 g/mol. The number of amides is 2. The van der Waals surface area contributed by atoms with Gasteiger partial charge in [0, 0.05) is 31.5 Å². The lowest BCUT2D eigenvalue weighted by Gasteiger charge is -2.26. The van der Waals surface area contributed by atoms with Crippen LogP contribution >= 0.6 is 0 Å². The van der Waals surface area contributed by atoms with Gasteiger partial charge >= 0.3 is 0 Å². The molecule has 0 unspecified atom stereocenters. The van der Waals surface area contributed by atoms with E-state index in [-0.39, 0.29) is 17.1 Å². The van der Waals surface area contributed by atoms with Crippen LogP contribution in [0.1, 0.15) is 21.0 Å². The highest BCUT2D eigenvalue weighted by atomic mass is 19.1. The van der Waals surface area contributed by atoms with Gasteiger partial charge in [0.2, 0.25) is 0 Å². The van der Waals surface area contributed by atoms with Gasteiger partial charge in [0.15, 0.2) is 11.4 Å². The first-order valence-corrected chi connectivity index (χ1v) is 7.50. The Morgan fingerprint density at radius 2 is 1.76 bits per heavy atom. The zero-order chi connectivity index (χ0) is 17.8. The van der Waals surface area contributed by atoms with Crippen LogP contribution < -0.4 is 5.32 Å². The molecule has 1 saturated heterocycles. The van der Waals surface area contributed by atoms with Gasteiger partial charge < -0.3 is 15.0 Å². The molecule has 2 heterocycles. The molecule has 2 aromatic rings. The Morgan fingerprint density at radius 3 is 2.44 bits per heavy atom. The van der Waals surface area contributed by atoms with E-state index >= 15 is 0 Å². The number of anilines is 1. The quantitative estimate of drug-likeness (QED) is 0.908. The standard InChI is InChI=1S/C16H14F2N4O3/c17-10-1-2-12(11(18)9-10)21-15(23)13-14(20-4-3-19-13)16(24)22-5-7-25-8-6-22/h1-4,9H,5-8H2,(H,21,23). The molecule has 0 spiro atoms. The van der Waals surface area contributed by atoms with Gasteiger partial charge in [-0.15, -0.1) is 0 Å². The molecule has 3 rings (SSSR count). The van der Waals surface area contributed by atoms with Crippen molar-refractivity contribution in [2.75, 3.05) is 31.6 Å². The third-order valence-corrected chi connectivity index (χ3v) is 3.59. The summed E-state index contributed by atoms with van der Waals surface area (Å²) >= 11 is 0. The first-order valence-electron chi connectivity index (χ1n) is 7.50. The van der Waals surface area contributed by atoms with E-state index in [9.17, 15) is 18.4 Å². The highest BCUT2D eigenvalue weighted by Gasteiger charge is 2.26. The third kappa shape index (κ3) is 3.77. The molecular formula is C16H14F2N4O3. The van der Waals surface area contributed by atoms with Gasteiger partial charge in [0.05, 0.1) is 18.9 Å². The number of halogens is 2. The molecule has 0 radical (unpaired) electrons. The lowest BCUT2D eigenvalue weighted by molar-refractivity contribution is 0.0297. The molecule has 0 aliphatic carbocycles. The Bertz CT molecular complexity index is 810. The molecule has 9 heteroatoms. The molecule has 1 aromatic heterocycles. The minimum Gasteiger partial charge on any atom is -0.378 e. The SMILES string of the molecule is O=C(Nc1ccc(F)cc1F)c1nccnc1C(=O)N1CCOCC1. The average molecular weight is 348 g/mol. The molecule has 1 fully saturated rings. The predicted molar refractivity (Wildman–Crippen MR) is 83.1 cm³/mol. The summed E-state index contributed by atoms with van der Waals surface area (Å²) in [6, 6.07) is 2.74. The summed E-state index contributed by atoms with van der Waals surface area (Å²) in [5, 5.41) is 2.27. The van der Waals surface area contributed by atoms with Gasteiger partial charge in [0.25, 0.3) is 11.8 Å². The van der Waals surface area contributed by atoms with Crippen LogP contribution in [0.5, 0.6) is 0 Å². The van der Waals surface area contributed by atoms with Gasteiger partial charge in [0.1, 0.15) is 11.6 Å². The van der Waals surface area contributed by atoms with Crippen molar-refractivity contribution in [2.24, 2.45) is 0 Å². The van der Waals surface area contributed by atoms with Crippen molar-refractivity contribution in [1.82, 2.24) is 14.9 Å². The number of nitrogens with zero attached hydrogens (tertiary/aromatic N) is 3. The maximum atomic E-state index is 13.7. The highest BCUT2D eigenvalue weighted by molar-refractivity contribution is 6.09. The normalized spacial score (nSPS) is 14.2. The van der Waals surface area contributed by atoms with Crippen molar-refractivity contribution in [3.63, 3.8) is 0 Å². The molecule has 130 valence electrons. The van der Waals surface area contributed by atoms with Gasteiger partial charge in [-0.3, -0.25) is 9.59 Å². The molecule has 2 amide bonds. The number of benzene rings is 1. The number of hydrogen-bond donors (Lipinski definition) is 1. The maximum Gasteiger partial charge on any atom is 0.276 e. The van der Waals surface area contributed by atoms with Crippen LogP contribution in [0, 0.1) is 11.6 Å². The van der Waals surface area contributed by atoms with Crippen molar-refractivity contribution in [1.29, 1.82) is 0 Å². The molecule has 25 heavy (non-hydrogen) atoms. The van der Waals surface area contributed by atoms with Crippen LogP contribution in [0.15, 0.2) is 30.6 Å². The molecule has 1 aromatic carbocycles. The van der Waals surface area contributed by atoms with Crippen LogP contribution in [-0.2, 0) is 4.74 Å². The minimum absolute atomic E-state index is 0.135. The summed E-state index contributed by atoms with van der Waals surface area (Å²) < 4.78 is 31.8. The Morgan fingerprint density at radius 1 is 1.08 bits per heavy atom. The van der Waals surface area contributed by atoms with Crippen molar-refractivity contribution in [2.45, 2.75) is 0 Å². The fraction of sp³-hybridized carbons (Fsp3) is 0.250. The lowest BCUT2D eigenvalue weighted by atomic mass is 10.2. The average Bonchev–Trinajstić information content (AvgIpc) is 2.64. The maximum absolute atomic E-state index is 13.7. The van der Waals surface area contributed by atoms with Crippen LogP contribution in [0.2, 0.25) is 0 Å². The Kier molecular flexibility index (Phi) is 4.94. The van der Waals surface area contributed by atoms with Crippen LogP contribution in [0.3, 0.4) is 0 Å². The van der Waals surface area contributed by atoms with E-state index in [1.54, 1.807) is 0 Å². The highest BCUT2D eigenvalue weighted by Crippen LogP contribution is 2.17. The molecule has 0 atom stereocenters. The van der Waals surface area contributed by atoms with E-state index in [0.29, 0.717) is 32.4 Å². The molecule has 1 aliphatic rings. The molecule has 1 N–H and O–H groups in total. The first-order chi connectivity index (χ1) is 12.1. The van der Waals surface area contributed by atoms with Crippen LogP contribution in [0.25, 0.3) is 0 Å². The fourth-order valence-electron chi connectivity index (χ4n) is 2.35. The third-order valence-electron chi connectivity index (χ3n) is 3.59. The number of carbonyl (C=O) groups is 2. The monoisotopic (exact) mass is 348 g/mol. The number of ether oxygens (including phenoxy) is 1. The lowest BCUT2D eigenvalue weighted by Crippen LogP contribution is -2.41. The first kappa shape index (κ1) is 16.9. The van der Waals surface area contributed by atoms with E-state index in [0.717, 1.165) is 12.1 Å². The number of nitrogens with one attached hydrogen (secondary N) is 1. The topological polar surface area (TPSA) is 84.4 Å². The van der Waals surface area contributed by atoms with E-state index < -0.39 is 23.4 Å². The van der Waals surface area contributed by atoms with E-state index in [1.165, 1.54) is 17.3 Å². The second-order valence-corrected chi connectivity index (χ2v) is 5.24. The number of aromatic nitrogens is 2. The number of carbonyl (C=O) groups excluding carboxylic acids is 2. The molecule has 7 nitrogen and oxygen atoms in total. The predicted octanol–water partition coefficient (Wildman–Crippen LogP) is 1.48. The van der Waals surface area contributed by atoms with Gasteiger partial charge in [-0.05, 0) is 12.1 Å². The minimum atomic E-state index is -0.932. The van der Waals surface area contributed by atoms with Crippen molar-refractivity contribution < 1.29 is 23.1 Å². The summed E-state index contributed by atoms with van der Waals surface area (Å²) in [4.78, 5) is 34.3. The Balaban J connectivity index is 1.84.